The van der Waals surface area contributed by atoms with Crippen LogP contribution < -0.4 is 10.1 Å². The van der Waals surface area contributed by atoms with Gasteiger partial charge in [-0.25, -0.2) is 0 Å². The van der Waals surface area contributed by atoms with Gasteiger partial charge in [0.05, 0.1) is 7.11 Å². The fraction of sp³-hybridized carbons (Fsp3) is 0.211. The summed E-state index contributed by atoms with van der Waals surface area (Å²) in [5, 5.41) is 10.9. The molecule has 0 atom stereocenters. The van der Waals surface area contributed by atoms with Crippen molar-refractivity contribution in [3.63, 3.8) is 0 Å². The van der Waals surface area contributed by atoms with E-state index in [0.29, 0.717) is 31.2 Å². The van der Waals surface area contributed by atoms with Crippen LogP contribution in [0.15, 0.2) is 59.0 Å². The predicted molar refractivity (Wildman–Crippen MR) is 92.9 cm³/mol. The van der Waals surface area contributed by atoms with E-state index in [4.69, 9.17) is 9.15 Å². The highest BCUT2D eigenvalue weighted by Crippen LogP contribution is 2.17. The third kappa shape index (κ3) is 4.67. The van der Waals surface area contributed by atoms with E-state index < -0.39 is 0 Å². The Morgan fingerprint density at radius 2 is 1.84 bits per heavy atom. The Balaban J connectivity index is 1.46. The maximum absolute atomic E-state index is 12.0. The van der Waals surface area contributed by atoms with Gasteiger partial charge in [0.15, 0.2) is 0 Å². The number of hydrogen-bond acceptors (Lipinski definition) is 5. The first kappa shape index (κ1) is 16.7. The van der Waals surface area contributed by atoms with Crippen molar-refractivity contribution < 1.29 is 13.9 Å². The molecule has 0 unspecified atom stereocenters. The number of carbonyl (C=O) groups excluding carboxylic acids is 1. The van der Waals surface area contributed by atoms with Crippen LogP contribution in [-0.2, 0) is 17.8 Å². The maximum atomic E-state index is 12.0. The average Bonchev–Trinajstić information content (AvgIpc) is 3.15. The molecule has 3 rings (SSSR count). The third-order valence-electron chi connectivity index (χ3n) is 3.70. The number of nitrogens with zero attached hydrogens (tertiary/aromatic N) is 2. The zero-order valence-electron chi connectivity index (χ0n) is 13.9. The van der Waals surface area contributed by atoms with E-state index >= 15 is 0 Å². The number of aryl methyl sites for hydroxylation is 1. The molecule has 6 nitrogen and oxygen atoms in total. The first-order valence-electron chi connectivity index (χ1n) is 8.02. The topological polar surface area (TPSA) is 77.2 Å². The van der Waals surface area contributed by atoms with Gasteiger partial charge in [-0.1, -0.05) is 30.3 Å². The molecule has 0 aliphatic rings. The van der Waals surface area contributed by atoms with Gasteiger partial charge < -0.3 is 14.5 Å². The fourth-order valence-corrected chi connectivity index (χ4v) is 2.30. The average molecular weight is 337 g/mol. The molecule has 1 N–H and O–H groups in total. The van der Waals surface area contributed by atoms with Gasteiger partial charge in [-0.3, -0.25) is 4.79 Å². The van der Waals surface area contributed by atoms with Gasteiger partial charge in [-0.2, -0.15) is 0 Å². The van der Waals surface area contributed by atoms with Gasteiger partial charge in [-0.05, 0) is 29.8 Å². The minimum absolute atomic E-state index is 0.0599. The Morgan fingerprint density at radius 3 is 2.56 bits per heavy atom. The van der Waals surface area contributed by atoms with Gasteiger partial charge in [-0.15, -0.1) is 10.2 Å². The van der Waals surface area contributed by atoms with E-state index in [9.17, 15) is 4.79 Å². The minimum Gasteiger partial charge on any atom is -0.497 e. The molecule has 1 aromatic heterocycles. The summed E-state index contributed by atoms with van der Waals surface area (Å²) < 4.78 is 10.7. The molecule has 0 saturated heterocycles. The molecule has 25 heavy (non-hydrogen) atoms. The summed E-state index contributed by atoms with van der Waals surface area (Å²) in [7, 11) is 1.62. The molecule has 3 aromatic rings. The van der Waals surface area contributed by atoms with E-state index in [1.165, 1.54) is 0 Å². The minimum atomic E-state index is -0.0599. The van der Waals surface area contributed by atoms with Crippen LogP contribution >= 0.6 is 0 Å². The Bertz CT molecular complexity index is 813. The lowest BCUT2D eigenvalue weighted by Crippen LogP contribution is -2.23. The molecule has 0 aliphatic carbocycles. The van der Waals surface area contributed by atoms with Gasteiger partial charge in [0.1, 0.15) is 5.75 Å². The highest BCUT2D eigenvalue weighted by molar-refractivity contribution is 5.76. The van der Waals surface area contributed by atoms with Crippen molar-refractivity contribution in [2.75, 3.05) is 7.11 Å². The van der Waals surface area contributed by atoms with Crippen LogP contribution in [0.1, 0.15) is 17.9 Å². The van der Waals surface area contributed by atoms with Gasteiger partial charge in [0.25, 0.3) is 0 Å². The molecule has 2 aromatic carbocycles. The lowest BCUT2D eigenvalue weighted by atomic mass is 10.2. The lowest BCUT2D eigenvalue weighted by molar-refractivity contribution is -0.121. The van der Waals surface area contributed by atoms with Crippen molar-refractivity contribution in [1.29, 1.82) is 0 Å². The molecule has 0 bridgehead atoms. The molecular formula is C19H19N3O3. The van der Waals surface area contributed by atoms with E-state index in [1.54, 1.807) is 7.11 Å². The number of methoxy groups -OCH3 is 1. The number of nitrogens with one attached hydrogen (secondary N) is 1. The quantitative estimate of drug-likeness (QED) is 0.717. The number of hydrogen-bond donors (Lipinski definition) is 1. The fourth-order valence-electron chi connectivity index (χ4n) is 2.30. The standard InChI is InChI=1S/C19H19N3O3/c1-24-16-9-7-14(8-10-16)13-20-17(23)11-12-18-21-22-19(25-18)15-5-3-2-4-6-15/h2-10H,11-13H2,1H3,(H,20,23). The summed E-state index contributed by atoms with van der Waals surface area (Å²) in [6.07, 6.45) is 0.709. The highest BCUT2D eigenvalue weighted by Gasteiger charge is 2.10. The van der Waals surface area contributed by atoms with Crippen LogP contribution in [0, 0.1) is 0 Å². The molecule has 1 heterocycles. The number of benzene rings is 2. The zero-order chi connectivity index (χ0) is 17.5. The van der Waals surface area contributed by atoms with E-state index in [2.05, 4.69) is 15.5 Å². The summed E-state index contributed by atoms with van der Waals surface area (Å²) in [5.74, 6) is 1.66. The number of aromatic nitrogens is 2. The molecule has 0 radical (unpaired) electrons. The molecule has 0 spiro atoms. The van der Waals surface area contributed by atoms with Crippen LogP contribution in [0.4, 0.5) is 0 Å². The summed E-state index contributed by atoms with van der Waals surface area (Å²) in [6, 6.07) is 17.1. The first-order chi connectivity index (χ1) is 12.2. The summed E-state index contributed by atoms with van der Waals surface area (Å²) in [4.78, 5) is 12.0. The number of carbonyl (C=O) groups is 1. The number of rotatable bonds is 7. The third-order valence-corrected chi connectivity index (χ3v) is 3.70. The largest absolute Gasteiger partial charge is 0.497 e. The van der Waals surface area contributed by atoms with E-state index in [1.807, 2.05) is 54.6 Å². The van der Waals surface area contributed by atoms with E-state index in [-0.39, 0.29) is 5.91 Å². The van der Waals surface area contributed by atoms with Crippen LogP contribution in [0.5, 0.6) is 5.75 Å². The normalized spacial score (nSPS) is 10.4. The number of ether oxygens (including phenoxy) is 1. The lowest BCUT2D eigenvalue weighted by Gasteiger charge is -2.05. The Labute approximate surface area is 145 Å². The van der Waals surface area contributed by atoms with Crippen molar-refractivity contribution in [2.24, 2.45) is 0 Å². The van der Waals surface area contributed by atoms with Crippen molar-refractivity contribution >= 4 is 5.91 Å². The molecule has 128 valence electrons. The van der Waals surface area contributed by atoms with Gasteiger partial charge in [0.2, 0.25) is 17.7 Å². The number of amides is 1. The summed E-state index contributed by atoms with van der Waals surface area (Å²) >= 11 is 0. The summed E-state index contributed by atoms with van der Waals surface area (Å²) in [6.45, 7) is 0.474. The molecular weight excluding hydrogens is 318 g/mol. The monoisotopic (exact) mass is 337 g/mol. The van der Waals surface area contributed by atoms with Crippen molar-refractivity contribution in [1.82, 2.24) is 15.5 Å². The zero-order valence-corrected chi connectivity index (χ0v) is 13.9. The Morgan fingerprint density at radius 1 is 1.08 bits per heavy atom. The van der Waals surface area contributed by atoms with Crippen molar-refractivity contribution in [2.45, 2.75) is 19.4 Å². The molecule has 6 heteroatoms. The summed E-state index contributed by atoms with van der Waals surface area (Å²) in [5.41, 5.74) is 1.88. The van der Waals surface area contributed by atoms with Gasteiger partial charge in [0, 0.05) is 24.9 Å². The molecule has 0 aliphatic heterocycles. The van der Waals surface area contributed by atoms with Crippen LogP contribution in [0.2, 0.25) is 0 Å². The predicted octanol–water partition coefficient (Wildman–Crippen LogP) is 2.99. The molecule has 1 amide bonds. The van der Waals surface area contributed by atoms with Crippen LogP contribution in [0.3, 0.4) is 0 Å². The smallest absolute Gasteiger partial charge is 0.247 e. The Hall–Kier alpha value is -3.15. The second kappa shape index (κ2) is 8.10. The van der Waals surface area contributed by atoms with Crippen LogP contribution in [-0.4, -0.2) is 23.2 Å². The maximum Gasteiger partial charge on any atom is 0.247 e. The van der Waals surface area contributed by atoms with E-state index in [0.717, 1.165) is 16.9 Å². The van der Waals surface area contributed by atoms with Crippen LogP contribution in [0.25, 0.3) is 11.5 Å². The van der Waals surface area contributed by atoms with Crippen molar-refractivity contribution in [3.05, 3.63) is 66.1 Å². The Kier molecular flexibility index (Phi) is 5.41. The second-order valence-electron chi connectivity index (χ2n) is 5.49. The molecule has 0 saturated carbocycles. The van der Waals surface area contributed by atoms with Gasteiger partial charge >= 0.3 is 0 Å². The highest BCUT2D eigenvalue weighted by atomic mass is 16.5. The van der Waals surface area contributed by atoms with Crippen molar-refractivity contribution in [3.8, 4) is 17.2 Å². The molecule has 0 fully saturated rings. The first-order valence-corrected chi connectivity index (χ1v) is 8.02. The second-order valence-corrected chi connectivity index (χ2v) is 5.49. The SMILES string of the molecule is COc1ccc(CNC(=O)CCc2nnc(-c3ccccc3)o2)cc1.